The molecule has 214 valence electrons. The molecule has 2 N–H and O–H groups in total. The molecule has 5 heterocycles. The topological polar surface area (TPSA) is 140 Å². The number of amides is 1. The summed E-state index contributed by atoms with van der Waals surface area (Å²) in [7, 11) is 1.28. The quantitative estimate of drug-likeness (QED) is 0.312. The largest absolute Gasteiger partial charge is 0.464 e. The number of nitrogens with zero attached hydrogens (tertiary/aromatic N) is 7. The van der Waals surface area contributed by atoms with Gasteiger partial charge in [0, 0.05) is 37.6 Å². The molecule has 0 unspecified atom stereocenters. The Kier molecular flexibility index (Phi) is 8.64. The van der Waals surface area contributed by atoms with Gasteiger partial charge in [-0.2, -0.15) is 0 Å². The number of methoxy groups -OCH3 is 1. The lowest BCUT2D eigenvalue weighted by Gasteiger charge is -2.17. The van der Waals surface area contributed by atoms with E-state index in [-0.39, 0.29) is 22.2 Å². The van der Waals surface area contributed by atoms with E-state index in [1.807, 2.05) is 0 Å². The Balaban J connectivity index is 0.000000259. The van der Waals surface area contributed by atoms with Crippen molar-refractivity contribution in [2.75, 3.05) is 37.0 Å². The molecule has 1 saturated heterocycles. The molecule has 1 atom stereocenters. The monoisotopic (exact) mass is 581 g/mol. The van der Waals surface area contributed by atoms with Gasteiger partial charge in [-0.25, -0.2) is 34.1 Å². The van der Waals surface area contributed by atoms with E-state index in [0.29, 0.717) is 17.4 Å². The standard InChI is InChI=1S/C21H24FN7O.C6H5ClN2O2/c1-13-10-29-12-16(6-17(22)20(29)26-13)27-21(30)18-8-25-19(9-24-18)28-5-4-15(11-28)23-7-14-2-3-14;1-11-6(10)4-2-9-5(7)3-8-4/h6,8-10,12,14-15,23H,2-5,7,11H2,1H3,(H,27,30);2-3H,1H3/t15-;/m1./s1. The first kappa shape index (κ1) is 28.3. The Hall–Kier alpha value is -4.23. The van der Waals surface area contributed by atoms with Gasteiger partial charge >= 0.3 is 5.97 Å². The van der Waals surface area contributed by atoms with Crippen LogP contribution >= 0.6 is 11.6 Å². The second-order valence-electron chi connectivity index (χ2n) is 9.90. The van der Waals surface area contributed by atoms with E-state index in [9.17, 15) is 14.0 Å². The summed E-state index contributed by atoms with van der Waals surface area (Å²) < 4.78 is 20.1. The molecule has 0 radical (unpaired) electrons. The third-order valence-electron chi connectivity index (χ3n) is 6.67. The molecule has 1 amide bonds. The van der Waals surface area contributed by atoms with Gasteiger partial charge in [0.25, 0.3) is 5.91 Å². The number of imidazole rings is 1. The Morgan fingerprint density at radius 2 is 1.85 bits per heavy atom. The Bertz CT molecular complexity index is 1530. The fourth-order valence-electron chi connectivity index (χ4n) is 4.36. The number of carbonyl (C=O) groups excluding carboxylic acids is 2. The summed E-state index contributed by atoms with van der Waals surface area (Å²) >= 11 is 5.43. The van der Waals surface area contributed by atoms with Gasteiger partial charge in [0.1, 0.15) is 16.7 Å². The second-order valence-corrected chi connectivity index (χ2v) is 10.3. The summed E-state index contributed by atoms with van der Waals surface area (Å²) in [6.45, 7) is 4.71. The molecule has 2 fully saturated rings. The number of hydrogen-bond donors (Lipinski definition) is 2. The number of hydrogen-bond acceptors (Lipinski definition) is 10. The molecule has 2 aliphatic rings. The van der Waals surface area contributed by atoms with Crippen LogP contribution in [0.2, 0.25) is 5.15 Å². The van der Waals surface area contributed by atoms with E-state index in [0.717, 1.165) is 37.8 Å². The number of pyridine rings is 1. The van der Waals surface area contributed by atoms with Crippen LogP contribution in [0.5, 0.6) is 0 Å². The van der Waals surface area contributed by atoms with Gasteiger partial charge < -0.3 is 24.7 Å². The summed E-state index contributed by atoms with van der Waals surface area (Å²) in [6.07, 6.45) is 12.7. The van der Waals surface area contributed by atoms with Crippen molar-refractivity contribution in [1.82, 2.24) is 34.6 Å². The van der Waals surface area contributed by atoms with Gasteiger partial charge in [-0.15, -0.1) is 0 Å². The zero-order valence-corrected chi connectivity index (χ0v) is 23.3. The van der Waals surface area contributed by atoms with Crippen LogP contribution < -0.4 is 15.5 Å². The Labute approximate surface area is 240 Å². The maximum Gasteiger partial charge on any atom is 0.358 e. The molecule has 41 heavy (non-hydrogen) atoms. The van der Waals surface area contributed by atoms with Gasteiger partial charge in [0.05, 0.1) is 43.3 Å². The zero-order valence-electron chi connectivity index (χ0n) is 22.5. The molecule has 14 heteroatoms. The number of nitrogens with one attached hydrogen (secondary N) is 2. The number of anilines is 2. The van der Waals surface area contributed by atoms with Crippen LogP contribution in [0.1, 0.15) is 45.9 Å². The zero-order chi connectivity index (χ0) is 28.9. The van der Waals surface area contributed by atoms with E-state index in [1.165, 1.54) is 44.6 Å². The maximum absolute atomic E-state index is 14.2. The lowest BCUT2D eigenvalue weighted by molar-refractivity contribution is 0.0593. The SMILES string of the molecule is COC(=O)c1cnc(Cl)cn1.Cc1cn2cc(NC(=O)c3cnc(N4CC[C@@H](NCC5CC5)C4)cn3)cc(F)c2n1. The molecule has 12 nitrogen and oxygen atoms in total. The van der Waals surface area contributed by atoms with E-state index in [1.54, 1.807) is 29.9 Å². The number of esters is 1. The number of aryl methyl sites for hydroxylation is 1. The number of ether oxygens (including phenoxy) is 1. The van der Waals surface area contributed by atoms with Crippen LogP contribution in [-0.4, -0.2) is 74.0 Å². The summed E-state index contributed by atoms with van der Waals surface area (Å²) in [6, 6.07) is 1.73. The number of fused-ring (bicyclic) bond motifs is 1. The van der Waals surface area contributed by atoms with Gasteiger partial charge in [-0.3, -0.25) is 4.79 Å². The third kappa shape index (κ3) is 7.30. The van der Waals surface area contributed by atoms with E-state index in [4.69, 9.17) is 11.6 Å². The predicted octanol–water partition coefficient (Wildman–Crippen LogP) is 3.32. The summed E-state index contributed by atoms with van der Waals surface area (Å²) in [5, 5.41) is 6.55. The van der Waals surface area contributed by atoms with Crippen LogP contribution in [0.4, 0.5) is 15.9 Å². The predicted molar refractivity (Wildman–Crippen MR) is 150 cm³/mol. The summed E-state index contributed by atoms with van der Waals surface area (Å²) in [4.78, 5) is 45.6. The molecule has 1 saturated carbocycles. The summed E-state index contributed by atoms with van der Waals surface area (Å²) in [5.74, 6) is 0.178. The number of halogens is 2. The minimum Gasteiger partial charge on any atom is -0.464 e. The molecule has 1 aliphatic heterocycles. The van der Waals surface area contributed by atoms with Gasteiger partial charge in [-0.1, -0.05) is 11.6 Å². The van der Waals surface area contributed by atoms with Crippen LogP contribution in [-0.2, 0) is 4.74 Å². The number of rotatable bonds is 7. The van der Waals surface area contributed by atoms with E-state index >= 15 is 0 Å². The fourth-order valence-corrected chi connectivity index (χ4v) is 4.45. The molecule has 0 spiro atoms. The average Bonchev–Trinajstić information content (AvgIpc) is 3.54. The lowest BCUT2D eigenvalue weighted by Crippen LogP contribution is -2.34. The van der Waals surface area contributed by atoms with Crippen molar-refractivity contribution in [2.45, 2.75) is 32.2 Å². The number of carbonyl (C=O) groups is 2. The van der Waals surface area contributed by atoms with Crippen molar-refractivity contribution in [2.24, 2.45) is 5.92 Å². The molecule has 0 aromatic carbocycles. The van der Waals surface area contributed by atoms with E-state index in [2.05, 4.69) is 45.2 Å². The minimum atomic E-state index is -0.519. The molecule has 4 aromatic rings. The fraction of sp³-hybridized carbons (Fsp3) is 0.370. The Morgan fingerprint density at radius 3 is 2.54 bits per heavy atom. The first-order valence-electron chi connectivity index (χ1n) is 13.1. The lowest BCUT2D eigenvalue weighted by atomic mass is 10.2. The molecule has 1 aliphatic carbocycles. The molecular formula is C27H29ClFN9O3. The van der Waals surface area contributed by atoms with Crippen LogP contribution in [0.15, 0.2) is 43.2 Å². The van der Waals surface area contributed by atoms with Crippen LogP contribution in [0.3, 0.4) is 0 Å². The van der Waals surface area contributed by atoms with E-state index < -0.39 is 17.7 Å². The highest BCUT2D eigenvalue weighted by atomic mass is 35.5. The number of aromatic nitrogens is 6. The van der Waals surface area contributed by atoms with Crippen LogP contribution in [0.25, 0.3) is 5.65 Å². The normalized spacial score (nSPS) is 16.3. The summed E-state index contributed by atoms with van der Waals surface area (Å²) in [5.41, 5.74) is 1.59. The van der Waals surface area contributed by atoms with Crippen molar-refractivity contribution in [1.29, 1.82) is 0 Å². The molecule has 4 aromatic heterocycles. The van der Waals surface area contributed by atoms with Crippen molar-refractivity contribution in [3.63, 3.8) is 0 Å². The maximum atomic E-state index is 14.2. The van der Waals surface area contributed by atoms with Gasteiger partial charge in [0.15, 0.2) is 17.2 Å². The minimum absolute atomic E-state index is 0.150. The highest BCUT2D eigenvalue weighted by molar-refractivity contribution is 6.29. The second kappa shape index (κ2) is 12.5. The molecule has 0 bridgehead atoms. The Morgan fingerprint density at radius 1 is 1.07 bits per heavy atom. The van der Waals surface area contributed by atoms with Crippen molar-refractivity contribution >= 4 is 40.6 Å². The highest BCUT2D eigenvalue weighted by Gasteiger charge is 2.27. The first-order valence-corrected chi connectivity index (χ1v) is 13.5. The molecule has 6 rings (SSSR count). The third-order valence-corrected chi connectivity index (χ3v) is 6.87. The van der Waals surface area contributed by atoms with Crippen molar-refractivity contribution in [3.05, 3.63) is 71.3 Å². The smallest absolute Gasteiger partial charge is 0.358 e. The molecular weight excluding hydrogens is 553 g/mol. The first-order chi connectivity index (χ1) is 19.8. The highest BCUT2D eigenvalue weighted by Crippen LogP contribution is 2.28. The van der Waals surface area contributed by atoms with Crippen molar-refractivity contribution in [3.8, 4) is 0 Å². The van der Waals surface area contributed by atoms with Crippen molar-refractivity contribution < 1.29 is 18.7 Å². The van der Waals surface area contributed by atoms with Gasteiger partial charge in [-0.05, 0) is 38.6 Å². The van der Waals surface area contributed by atoms with Gasteiger partial charge in [0.2, 0.25) is 0 Å². The average molecular weight is 582 g/mol. The van der Waals surface area contributed by atoms with Crippen LogP contribution in [0, 0.1) is 18.7 Å².